The van der Waals surface area contributed by atoms with Gasteiger partial charge in [0.1, 0.15) is 5.82 Å². The van der Waals surface area contributed by atoms with Crippen molar-refractivity contribution in [1.29, 1.82) is 0 Å². The predicted octanol–water partition coefficient (Wildman–Crippen LogP) is 4.97. The van der Waals surface area contributed by atoms with Crippen molar-refractivity contribution in [1.82, 2.24) is 0 Å². The van der Waals surface area contributed by atoms with Crippen LogP contribution in [0.3, 0.4) is 0 Å². The molecule has 0 heterocycles. The van der Waals surface area contributed by atoms with Gasteiger partial charge in [-0.2, -0.15) is 0 Å². The van der Waals surface area contributed by atoms with Crippen LogP contribution in [-0.2, 0) is 12.0 Å². The monoisotopic (exact) mass is 355 g/mol. The SMILES string of the molecule is Cc1ccc(C(C)(N)Cc2ccc(Br)cc2Cl)cc1F. The molecule has 0 saturated heterocycles. The number of benzene rings is 2. The maximum absolute atomic E-state index is 13.7. The lowest BCUT2D eigenvalue weighted by Crippen LogP contribution is -2.35. The lowest BCUT2D eigenvalue weighted by molar-refractivity contribution is 0.486. The summed E-state index contributed by atoms with van der Waals surface area (Å²) in [5.74, 6) is -0.235. The van der Waals surface area contributed by atoms with Crippen molar-refractivity contribution in [2.75, 3.05) is 0 Å². The second-order valence-electron chi connectivity index (χ2n) is 5.29. The van der Waals surface area contributed by atoms with Crippen LogP contribution in [0.15, 0.2) is 40.9 Å². The van der Waals surface area contributed by atoms with Gasteiger partial charge >= 0.3 is 0 Å². The zero-order chi connectivity index (χ0) is 14.9. The minimum Gasteiger partial charge on any atom is -0.321 e. The minimum atomic E-state index is -0.675. The van der Waals surface area contributed by atoms with Crippen LogP contribution in [0.25, 0.3) is 0 Å². The highest BCUT2D eigenvalue weighted by molar-refractivity contribution is 9.10. The lowest BCUT2D eigenvalue weighted by atomic mass is 9.86. The summed E-state index contributed by atoms with van der Waals surface area (Å²) in [4.78, 5) is 0. The summed E-state index contributed by atoms with van der Waals surface area (Å²) >= 11 is 9.59. The van der Waals surface area contributed by atoms with Crippen LogP contribution in [0, 0.1) is 12.7 Å². The molecule has 0 bridgehead atoms. The molecule has 0 aromatic heterocycles. The third-order valence-electron chi connectivity index (χ3n) is 3.40. The van der Waals surface area contributed by atoms with E-state index in [1.807, 2.05) is 31.2 Å². The Hall–Kier alpha value is -0.900. The number of hydrogen-bond acceptors (Lipinski definition) is 1. The van der Waals surface area contributed by atoms with E-state index in [0.717, 1.165) is 15.6 Å². The molecule has 106 valence electrons. The summed E-state index contributed by atoms with van der Waals surface area (Å²) in [6.45, 7) is 3.62. The van der Waals surface area contributed by atoms with Crippen molar-refractivity contribution in [2.24, 2.45) is 5.73 Å². The van der Waals surface area contributed by atoms with Crippen LogP contribution in [0.4, 0.5) is 4.39 Å². The number of halogens is 3. The number of nitrogens with two attached hydrogens (primary N) is 1. The number of hydrogen-bond donors (Lipinski definition) is 1. The van der Waals surface area contributed by atoms with E-state index in [4.69, 9.17) is 17.3 Å². The predicted molar refractivity (Wildman–Crippen MR) is 85.5 cm³/mol. The first kappa shape index (κ1) is 15.5. The molecule has 0 aliphatic carbocycles. The molecule has 1 unspecified atom stereocenters. The largest absolute Gasteiger partial charge is 0.321 e. The molecule has 1 nitrogen and oxygen atoms in total. The Labute approximate surface area is 132 Å². The van der Waals surface area contributed by atoms with Gasteiger partial charge in [0.05, 0.1) is 0 Å². The van der Waals surface area contributed by atoms with Crippen molar-refractivity contribution in [3.05, 3.63) is 68.4 Å². The second-order valence-corrected chi connectivity index (χ2v) is 6.62. The standard InChI is InChI=1S/C16H16BrClFN/c1-10-3-5-12(7-15(10)19)16(2,20)9-11-4-6-13(17)8-14(11)18/h3-8H,9,20H2,1-2H3. The topological polar surface area (TPSA) is 26.0 Å². The molecule has 0 radical (unpaired) electrons. The smallest absolute Gasteiger partial charge is 0.126 e. The van der Waals surface area contributed by atoms with Gasteiger partial charge in [0.2, 0.25) is 0 Å². The van der Waals surface area contributed by atoms with E-state index in [0.29, 0.717) is 17.0 Å². The van der Waals surface area contributed by atoms with Crippen molar-refractivity contribution in [3.8, 4) is 0 Å². The Morgan fingerprint density at radius 2 is 1.95 bits per heavy atom. The van der Waals surface area contributed by atoms with E-state index in [-0.39, 0.29) is 5.82 Å². The molecule has 0 amide bonds. The number of rotatable bonds is 3. The van der Waals surface area contributed by atoms with Crippen molar-refractivity contribution in [2.45, 2.75) is 25.8 Å². The van der Waals surface area contributed by atoms with Crippen LogP contribution in [0.5, 0.6) is 0 Å². The molecule has 2 N–H and O–H groups in total. The van der Waals surface area contributed by atoms with Crippen molar-refractivity contribution < 1.29 is 4.39 Å². The van der Waals surface area contributed by atoms with Gasteiger partial charge in [0.25, 0.3) is 0 Å². The highest BCUT2D eigenvalue weighted by Crippen LogP contribution is 2.29. The average Bonchev–Trinajstić information content (AvgIpc) is 2.36. The summed E-state index contributed by atoms with van der Waals surface area (Å²) in [5.41, 5.74) is 8.01. The lowest BCUT2D eigenvalue weighted by Gasteiger charge is -2.26. The molecule has 0 fully saturated rings. The minimum absolute atomic E-state index is 0.235. The Bertz CT molecular complexity index is 640. The van der Waals surface area contributed by atoms with Crippen LogP contribution >= 0.6 is 27.5 Å². The van der Waals surface area contributed by atoms with Gasteiger partial charge in [-0.15, -0.1) is 0 Å². The van der Waals surface area contributed by atoms with Gasteiger partial charge < -0.3 is 5.73 Å². The van der Waals surface area contributed by atoms with Gasteiger partial charge in [0.15, 0.2) is 0 Å². The van der Waals surface area contributed by atoms with E-state index in [1.54, 1.807) is 13.0 Å². The van der Waals surface area contributed by atoms with Gasteiger partial charge in [-0.05, 0) is 55.2 Å². The van der Waals surface area contributed by atoms with Crippen LogP contribution in [0.1, 0.15) is 23.6 Å². The summed E-state index contributed by atoms with van der Waals surface area (Å²) in [7, 11) is 0. The molecule has 2 aromatic carbocycles. The molecular weight excluding hydrogens is 341 g/mol. The molecule has 2 rings (SSSR count). The third-order valence-corrected chi connectivity index (χ3v) is 4.25. The second kappa shape index (κ2) is 5.84. The fourth-order valence-electron chi connectivity index (χ4n) is 2.11. The van der Waals surface area contributed by atoms with Gasteiger partial charge in [0, 0.05) is 15.0 Å². The fourth-order valence-corrected chi connectivity index (χ4v) is 2.85. The molecule has 4 heteroatoms. The molecule has 0 aliphatic rings. The Balaban J connectivity index is 2.32. The summed E-state index contributed by atoms with van der Waals surface area (Å²) in [6.07, 6.45) is 0.543. The molecule has 20 heavy (non-hydrogen) atoms. The number of aryl methyl sites for hydroxylation is 1. The molecule has 0 saturated carbocycles. The van der Waals surface area contributed by atoms with E-state index in [2.05, 4.69) is 15.9 Å². The van der Waals surface area contributed by atoms with Crippen molar-refractivity contribution >= 4 is 27.5 Å². The Morgan fingerprint density at radius 1 is 1.25 bits per heavy atom. The van der Waals surface area contributed by atoms with Gasteiger partial charge in [-0.1, -0.05) is 45.7 Å². The quantitative estimate of drug-likeness (QED) is 0.826. The maximum atomic E-state index is 13.7. The Kier molecular flexibility index (Phi) is 4.52. The van der Waals surface area contributed by atoms with Crippen LogP contribution in [0.2, 0.25) is 5.02 Å². The first-order valence-electron chi connectivity index (χ1n) is 6.29. The average molecular weight is 357 g/mol. The highest BCUT2D eigenvalue weighted by Gasteiger charge is 2.23. The molecular formula is C16H16BrClFN. The molecule has 1 atom stereocenters. The fraction of sp³-hybridized carbons (Fsp3) is 0.250. The normalized spacial score (nSPS) is 14.1. The van der Waals surface area contributed by atoms with E-state index in [9.17, 15) is 4.39 Å². The summed E-state index contributed by atoms with van der Waals surface area (Å²) in [6, 6.07) is 10.8. The van der Waals surface area contributed by atoms with E-state index < -0.39 is 5.54 Å². The molecule has 2 aromatic rings. The highest BCUT2D eigenvalue weighted by atomic mass is 79.9. The van der Waals surface area contributed by atoms with Crippen LogP contribution in [-0.4, -0.2) is 0 Å². The van der Waals surface area contributed by atoms with Gasteiger partial charge in [-0.25, -0.2) is 4.39 Å². The first-order chi connectivity index (χ1) is 9.29. The zero-order valence-electron chi connectivity index (χ0n) is 11.4. The third kappa shape index (κ3) is 3.40. The summed E-state index contributed by atoms with van der Waals surface area (Å²) in [5, 5.41) is 0.656. The van der Waals surface area contributed by atoms with E-state index >= 15 is 0 Å². The summed E-state index contributed by atoms with van der Waals surface area (Å²) < 4.78 is 14.6. The van der Waals surface area contributed by atoms with Gasteiger partial charge in [-0.3, -0.25) is 0 Å². The maximum Gasteiger partial charge on any atom is 0.126 e. The molecule has 0 aliphatic heterocycles. The zero-order valence-corrected chi connectivity index (χ0v) is 13.7. The van der Waals surface area contributed by atoms with E-state index in [1.165, 1.54) is 6.07 Å². The van der Waals surface area contributed by atoms with Crippen molar-refractivity contribution in [3.63, 3.8) is 0 Å². The van der Waals surface area contributed by atoms with Crippen LogP contribution < -0.4 is 5.73 Å². The Morgan fingerprint density at radius 3 is 2.55 bits per heavy atom. The first-order valence-corrected chi connectivity index (χ1v) is 7.46. The molecule has 0 spiro atoms.